The van der Waals surface area contributed by atoms with Crippen LogP contribution in [0.5, 0.6) is 11.5 Å². The Hall–Kier alpha value is -3.79. The lowest BCUT2D eigenvalue weighted by Gasteiger charge is -2.13. The number of carbonyl (C=O) groups is 2. The zero-order chi connectivity index (χ0) is 21.2. The largest absolute Gasteiger partial charge is 0.497 e. The minimum atomic E-state index is -1.05. The van der Waals surface area contributed by atoms with Crippen molar-refractivity contribution in [2.24, 2.45) is 0 Å². The van der Waals surface area contributed by atoms with E-state index in [1.54, 1.807) is 49.6 Å². The molecular weight excluding hydrogens is 372 g/mol. The fourth-order valence-corrected chi connectivity index (χ4v) is 2.39. The van der Waals surface area contributed by atoms with E-state index in [2.05, 4.69) is 5.32 Å². The van der Waals surface area contributed by atoms with E-state index in [0.29, 0.717) is 17.1 Å². The van der Waals surface area contributed by atoms with Gasteiger partial charge >= 0.3 is 5.97 Å². The minimum Gasteiger partial charge on any atom is -0.497 e. The number of nitrogens with one attached hydrogen (secondary N) is 1. The van der Waals surface area contributed by atoms with Gasteiger partial charge in [0.1, 0.15) is 23.1 Å². The Morgan fingerprint density at radius 1 is 1.10 bits per heavy atom. The van der Waals surface area contributed by atoms with Crippen molar-refractivity contribution in [3.8, 4) is 17.6 Å². The van der Waals surface area contributed by atoms with E-state index in [9.17, 15) is 14.9 Å². The van der Waals surface area contributed by atoms with Gasteiger partial charge in [0.05, 0.1) is 14.2 Å². The summed E-state index contributed by atoms with van der Waals surface area (Å²) in [4.78, 5) is 24.5. The molecule has 0 aliphatic carbocycles. The summed E-state index contributed by atoms with van der Waals surface area (Å²) in [5, 5.41) is 12.0. The van der Waals surface area contributed by atoms with Crippen molar-refractivity contribution in [1.82, 2.24) is 5.32 Å². The highest BCUT2D eigenvalue weighted by Gasteiger charge is 2.20. The van der Waals surface area contributed by atoms with Crippen molar-refractivity contribution < 1.29 is 23.8 Å². The number of nitriles is 1. The van der Waals surface area contributed by atoms with E-state index in [4.69, 9.17) is 14.2 Å². The van der Waals surface area contributed by atoms with Gasteiger partial charge in [-0.3, -0.25) is 4.79 Å². The molecule has 0 heterocycles. The fourth-order valence-electron chi connectivity index (χ4n) is 2.39. The summed E-state index contributed by atoms with van der Waals surface area (Å²) in [6.07, 6.45) is 0.329. The molecule has 0 aliphatic heterocycles. The molecule has 0 aliphatic rings. The molecule has 29 heavy (non-hydrogen) atoms. The van der Waals surface area contributed by atoms with Crippen LogP contribution < -0.4 is 14.8 Å². The first kappa shape index (κ1) is 21.5. The van der Waals surface area contributed by atoms with Crippen LogP contribution in [0, 0.1) is 11.3 Å². The second kappa shape index (κ2) is 10.5. The van der Waals surface area contributed by atoms with Crippen LogP contribution in [-0.4, -0.2) is 32.2 Å². The quantitative estimate of drug-likeness (QED) is 0.420. The van der Waals surface area contributed by atoms with E-state index in [-0.39, 0.29) is 12.1 Å². The van der Waals surface area contributed by atoms with Gasteiger partial charge in [-0.1, -0.05) is 24.3 Å². The van der Waals surface area contributed by atoms with E-state index in [0.717, 1.165) is 5.56 Å². The van der Waals surface area contributed by atoms with Gasteiger partial charge in [-0.15, -0.1) is 0 Å². The smallest absolute Gasteiger partial charge is 0.349 e. The molecule has 2 aromatic carbocycles. The first-order valence-electron chi connectivity index (χ1n) is 8.84. The van der Waals surface area contributed by atoms with E-state index in [1.807, 2.05) is 12.1 Å². The highest BCUT2D eigenvalue weighted by Crippen LogP contribution is 2.16. The normalized spacial score (nSPS) is 11.7. The standard InChI is InChI=1S/C22H22N2O5/c1-15(21(25)24-14-16-7-9-19(27-2)10-8-16)29-22(26)18(13-23)11-17-5-4-6-20(12-17)28-3/h4-12,15H,14H2,1-3H3,(H,24,25)/b18-11+/t15-/m1/s1. The monoisotopic (exact) mass is 394 g/mol. The highest BCUT2D eigenvalue weighted by molar-refractivity contribution is 5.99. The summed E-state index contributed by atoms with van der Waals surface area (Å²) in [7, 11) is 3.10. The molecule has 0 aromatic heterocycles. The number of methoxy groups -OCH3 is 2. The lowest BCUT2D eigenvalue weighted by Crippen LogP contribution is -2.35. The molecule has 2 aromatic rings. The van der Waals surface area contributed by atoms with Gasteiger partial charge < -0.3 is 19.5 Å². The maximum Gasteiger partial charge on any atom is 0.349 e. The number of hydrogen-bond acceptors (Lipinski definition) is 6. The third kappa shape index (κ3) is 6.40. The van der Waals surface area contributed by atoms with Gasteiger partial charge in [-0.2, -0.15) is 5.26 Å². The number of nitrogens with zero attached hydrogens (tertiary/aromatic N) is 1. The van der Waals surface area contributed by atoms with Crippen LogP contribution in [0.1, 0.15) is 18.1 Å². The molecule has 0 bridgehead atoms. The van der Waals surface area contributed by atoms with Crippen LogP contribution in [0.25, 0.3) is 6.08 Å². The molecule has 0 saturated carbocycles. The number of esters is 1. The number of ether oxygens (including phenoxy) is 3. The summed E-state index contributed by atoms with van der Waals surface area (Å²) >= 11 is 0. The third-order valence-corrected chi connectivity index (χ3v) is 4.02. The number of rotatable bonds is 8. The number of carbonyl (C=O) groups excluding carboxylic acids is 2. The number of benzene rings is 2. The van der Waals surface area contributed by atoms with Crippen LogP contribution in [0.2, 0.25) is 0 Å². The zero-order valence-corrected chi connectivity index (χ0v) is 16.5. The second-order valence-corrected chi connectivity index (χ2v) is 6.06. The molecule has 0 saturated heterocycles. The van der Waals surface area contributed by atoms with Crippen molar-refractivity contribution in [1.29, 1.82) is 5.26 Å². The van der Waals surface area contributed by atoms with Gasteiger partial charge in [-0.25, -0.2) is 4.79 Å². The highest BCUT2D eigenvalue weighted by atomic mass is 16.5. The predicted molar refractivity (Wildman–Crippen MR) is 107 cm³/mol. The lowest BCUT2D eigenvalue weighted by molar-refractivity contribution is -0.150. The van der Waals surface area contributed by atoms with Crippen LogP contribution in [-0.2, 0) is 20.9 Å². The topological polar surface area (TPSA) is 97.6 Å². The molecule has 7 heteroatoms. The summed E-state index contributed by atoms with van der Waals surface area (Å²) in [6, 6.07) is 15.9. The Balaban J connectivity index is 1.95. The first-order valence-corrected chi connectivity index (χ1v) is 8.84. The number of amides is 1. The molecule has 1 atom stereocenters. The molecule has 0 unspecified atom stereocenters. The van der Waals surface area contributed by atoms with Crippen LogP contribution in [0.4, 0.5) is 0 Å². The van der Waals surface area contributed by atoms with Gasteiger partial charge in [0.15, 0.2) is 6.10 Å². The van der Waals surface area contributed by atoms with Gasteiger partial charge in [-0.05, 0) is 48.4 Å². The average molecular weight is 394 g/mol. The summed E-state index contributed by atoms with van der Waals surface area (Å²) in [6.45, 7) is 1.72. The van der Waals surface area contributed by atoms with Crippen molar-refractivity contribution in [3.63, 3.8) is 0 Å². The Labute approximate surface area is 169 Å². The Morgan fingerprint density at radius 2 is 1.79 bits per heavy atom. The molecule has 1 amide bonds. The van der Waals surface area contributed by atoms with Crippen molar-refractivity contribution in [2.45, 2.75) is 19.6 Å². The van der Waals surface area contributed by atoms with E-state index >= 15 is 0 Å². The zero-order valence-electron chi connectivity index (χ0n) is 16.5. The molecule has 150 valence electrons. The maximum atomic E-state index is 12.3. The van der Waals surface area contributed by atoms with Gasteiger partial charge in [0.25, 0.3) is 5.91 Å². The summed E-state index contributed by atoms with van der Waals surface area (Å²) < 4.78 is 15.3. The van der Waals surface area contributed by atoms with Gasteiger partial charge in [0.2, 0.25) is 0 Å². The molecule has 7 nitrogen and oxygen atoms in total. The predicted octanol–water partition coefficient (Wildman–Crippen LogP) is 2.86. The molecule has 0 fully saturated rings. The molecule has 0 radical (unpaired) electrons. The maximum absolute atomic E-state index is 12.3. The van der Waals surface area contributed by atoms with Crippen molar-refractivity contribution in [3.05, 3.63) is 65.2 Å². The molecule has 2 rings (SSSR count). The third-order valence-electron chi connectivity index (χ3n) is 4.02. The van der Waals surface area contributed by atoms with Crippen LogP contribution in [0.3, 0.4) is 0 Å². The van der Waals surface area contributed by atoms with Crippen LogP contribution in [0.15, 0.2) is 54.1 Å². The SMILES string of the molecule is COc1ccc(CNC(=O)[C@@H](C)OC(=O)/C(C#N)=C/c2cccc(OC)c2)cc1. The summed E-state index contributed by atoms with van der Waals surface area (Å²) in [5.74, 6) is -0.0276. The van der Waals surface area contributed by atoms with Crippen molar-refractivity contribution in [2.75, 3.05) is 14.2 Å². The average Bonchev–Trinajstić information content (AvgIpc) is 2.76. The van der Waals surface area contributed by atoms with Crippen molar-refractivity contribution >= 4 is 18.0 Å². The lowest BCUT2D eigenvalue weighted by atomic mass is 10.1. The Morgan fingerprint density at radius 3 is 2.41 bits per heavy atom. The molecule has 0 spiro atoms. The first-order chi connectivity index (χ1) is 14.0. The summed E-state index contributed by atoms with van der Waals surface area (Å²) in [5.41, 5.74) is 1.26. The van der Waals surface area contributed by atoms with E-state index < -0.39 is 18.0 Å². The Bertz CT molecular complexity index is 929. The minimum absolute atomic E-state index is 0.215. The molecule has 1 N–H and O–H groups in total. The van der Waals surface area contributed by atoms with Crippen LogP contribution >= 0.6 is 0 Å². The van der Waals surface area contributed by atoms with Gasteiger partial charge in [0, 0.05) is 6.54 Å². The second-order valence-electron chi connectivity index (χ2n) is 6.06. The Kier molecular flexibility index (Phi) is 7.80. The fraction of sp³-hybridized carbons (Fsp3) is 0.227. The molecular formula is C22H22N2O5. The van der Waals surface area contributed by atoms with E-state index in [1.165, 1.54) is 20.1 Å². The number of hydrogen-bond donors (Lipinski definition) is 1.